The number of nitrogens with zero attached hydrogens (tertiary/aromatic N) is 2. The van der Waals surface area contributed by atoms with E-state index in [1.807, 2.05) is 0 Å². The Morgan fingerprint density at radius 3 is 2.53 bits per heavy atom. The monoisotopic (exact) mass is 497 g/mol. The molecule has 1 aromatic carbocycles. The molecule has 0 saturated heterocycles. The molecule has 0 bridgehead atoms. The van der Waals surface area contributed by atoms with Gasteiger partial charge in [-0.05, 0) is 43.5 Å². The summed E-state index contributed by atoms with van der Waals surface area (Å²) in [6.45, 7) is 2.70. The molecule has 0 aliphatic carbocycles. The summed E-state index contributed by atoms with van der Waals surface area (Å²) >= 11 is 5.94. The average molecular weight is 498 g/mol. The van der Waals surface area contributed by atoms with Crippen LogP contribution in [0.4, 0.5) is 23.2 Å². The van der Waals surface area contributed by atoms with Gasteiger partial charge in [-0.15, -0.1) is 0 Å². The smallest absolute Gasteiger partial charge is 0.386 e. The number of aromatic nitrogens is 2. The molecule has 178 valence electrons. The lowest BCUT2D eigenvalue weighted by Crippen LogP contribution is -2.46. The van der Waals surface area contributed by atoms with E-state index in [4.69, 9.17) is 22.7 Å². The van der Waals surface area contributed by atoms with Crippen molar-refractivity contribution in [2.45, 2.75) is 50.7 Å². The van der Waals surface area contributed by atoms with Gasteiger partial charge in [-0.3, -0.25) is 10.1 Å². The fourth-order valence-corrected chi connectivity index (χ4v) is 4.68. The van der Waals surface area contributed by atoms with Crippen LogP contribution in [0.15, 0.2) is 24.4 Å². The van der Waals surface area contributed by atoms with Gasteiger partial charge in [-0.25, -0.2) is 12.8 Å². The molecule has 0 spiro atoms. The number of alkyl halides is 3. The van der Waals surface area contributed by atoms with Crippen LogP contribution >= 0.6 is 11.6 Å². The lowest BCUT2D eigenvalue weighted by atomic mass is 10.0. The maximum absolute atomic E-state index is 14.4. The SMILES string of the molecule is CC(CS(=O)(=O)C(C)(C)C(=N)N)c1cc(NCc2c(Cl)cnn2CC(F)(F)F)ccc1F. The summed E-state index contributed by atoms with van der Waals surface area (Å²) in [4.78, 5) is 0. The van der Waals surface area contributed by atoms with Crippen molar-refractivity contribution in [3.05, 3.63) is 46.5 Å². The molecule has 32 heavy (non-hydrogen) atoms. The molecule has 0 radical (unpaired) electrons. The molecule has 7 nitrogen and oxygen atoms in total. The lowest BCUT2D eigenvalue weighted by Gasteiger charge is -2.25. The summed E-state index contributed by atoms with van der Waals surface area (Å²) in [7, 11) is -3.88. The quantitative estimate of drug-likeness (QED) is 0.274. The molecule has 13 heteroatoms. The van der Waals surface area contributed by atoms with Gasteiger partial charge in [0, 0.05) is 5.69 Å². The molecule has 0 aliphatic rings. The molecule has 0 fully saturated rings. The minimum atomic E-state index is -4.48. The number of nitrogens with two attached hydrogens (primary N) is 1. The van der Waals surface area contributed by atoms with Crippen LogP contribution in [0.1, 0.15) is 37.9 Å². The van der Waals surface area contributed by atoms with E-state index in [2.05, 4.69) is 10.4 Å². The molecule has 2 rings (SSSR count). The van der Waals surface area contributed by atoms with E-state index in [-0.39, 0.29) is 22.8 Å². The molecule has 1 atom stereocenters. The number of nitrogens with one attached hydrogen (secondary N) is 2. The highest BCUT2D eigenvalue weighted by molar-refractivity contribution is 7.93. The summed E-state index contributed by atoms with van der Waals surface area (Å²) < 4.78 is 77.0. The second kappa shape index (κ2) is 9.26. The van der Waals surface area contributed by atoms with Gasteiger partial charge in [0.1, 0.15) is 22.9 Å². The molecule has 0 aliphatic heterocycles. The first-order chi connectivity index (χ1) is 14.5. The van der Waals surface area contributed by atoms with Crippen LogP contribution in [-0.4, -0.2) is 40.7 Å². The highest BCUT2D eigenvalue weighted by Gasteiger charge is 2.38. The Kier molecular flexibility index (Phi) is 7.50. The zero-order valence-electron chi connectivity index (χ0n) is 17.6. The van der Waals surface area contributed by atoms with E-state index < -0.39 is 50.6 Å². The van der Waals surface area contributed by atoms with E-state index >= 15 is 0 Å². The van der Waals surface area contributed by atoms with Gasteiger partial charge < -0.3 is 11.1 Å². The number of hydrogen-bond acceptors (Lipinski definition) is 5. The first-order valence-electron chi connectivity index (χ1n) is 9.42. The summed E-state index contributed by atoms with van der Waals surface area (Å²) in [5.41, 5.74) is 5.94. The fraction of sp³-hybridized carbons (Fsp3) is 0.474. The van der Waals surface area contributed by atoms with Crippen molar-refractivity contribution < 1.29 is 26.0 Å². The highest BCUT2D eigenvalue weighted by atomic mass is 35.5. The van der Waals surface area contributed by atoms with Crippen molar-refractivity contribution in [3.63, 3.8) is 0 Å². The number of benzene rings is 1. The molecular formula is C19H24ClF4N5O2S. The predicted octanol–water partition coefficient (Wildman–Crippen LogP) is 4.08. The largest absolute Gasteiger partial charge is 0.408 e. The van der Waals surface area contributed by atoms with E-state index in [0.717, 1.165) is 16.9 Å². The summed E-state index contributed by atoms with van der Waals surface area (Å²) in [6.07, 6.45) is -3.38. The first kappa shape index (κ1) is 25.9. The Hall–Kier alpha value is -2.34. The molecule has 0 saturated carbocycles. The summed E-state index contributed by atoms with van der Waals surface area (Å²) in [5.74, 6) is -2.39. The zero-order valence-corrected chi connectivity index (χ0v) is 19.2. The van der Waals surface area contributed by atoms with Crippen LogP contribution in [0.25, 0.3) is 0 Å². The van der Waals surface area contributed by atoms with Gasteiger partial charge in [0.15, 0.2) is 9.84 Å². The molecule has 2 aromatic rings. The van der Waals surface area contributed by atoms with Gasteiger partial charge in [0.2, 0.25) is 0 Å². The topological polar surface area (TPSA) is 114 Å². The van der Waals surface area contributed by atoms with E-state index in [0.29, 0.717) is 5.69 Å². The van der Waals surface area contributed by atoms with Gasteiger partial charge in [-0.2, -0.15) is 18.3 Å². The van der Waals surface area contributed by atoms with Crippen molar-refractivity contribution in [1.29, 1.82) is 5.41 Å². The first-order valence-corrected chi connectivity index (χ1v) is 11.4. The number of halogens is 5. The number of amidine groups is 1. The highest BCUT2D eigenvalue weighted by Crippen LogP contribution is 2.29. The van der Waals surface area contributed by atoms with Crippen molar-refractivity contribution >= 4 is 33.0 Å². The third-order valence-corrected chi connectivity index (χ3v) is 8.14. The molecule has 4 N–H and O–H groups in total. The Morgan fingerprint density at radius 2 is 1.97 bits per heavy atom. The van der Waals surface area contributed by atoms with Gasteiger partial charge in [0.05, 0.1) is 29.2 Å². The Bertz CT molecular complexity index is 1100. The Labute approximate surface area is 188 Å². The van der Waals surface area contributed by atoms with Crippen molar-refractivity contribution in [3.8, 4) is 0 Å². The van der Waals surface area contributed by atoms with Crippen molar-refractivity contribution in [2.75, 3.05) is 11.1 Å². The lowest BCUT2D eigenvalue weighted by molar-refractivity contribution is -0.143. The maximum Gasteiger partial charge on any atom is 0.408 e. The van der Waals surface area contributed by atoms with E-state index in [1.54, 1.807) is 0 Å². The Balaban J connectivity index is 2.22. The fourth-order valence-electron chi connectivity index (χ4n) is 2.88. The normalized spacial score (nSPS) is 13.8. The van der Waals surface area contributed by atoms with Gasteiger partial charge in [-0.1, -0.05) is 18.5 Å². The zero-order chi connectivity index (χ0) is 24.5. The second-order valence-corrected chi connectivity index (χ2v) is 10.9. The summed E-state index contributed by atoms with van der Waals surface area (Å²) in [5, 5.41) is 14.0. The minimum Gasteiger partial charge on any atom is -0.386 e. The third-order valence-electron chi connectivity index (χ3n) is 5.11. The van der Waals surface area contributed by atoms with Crippen LogP contribution in [0.5, 0.6) is 0 Å². The Morgan fingerprint density at radius 1 is 1.34 bits per heavy atom. The van der Waals surface area contributed by atoms with E-state index in [1.165, 1.54) is 32.9 Å². The van der Waals surface area contributed by atoms with Crippen molar-refractivity contribution in [1.82, 2.24) is 9.78 Å². The summed E-state index contributed by atoms with van der Waals surface area (Å²) in [6, 6.07) is 3.89. The van der Waals surface area contributed by atoms with Crippen LogP contribution in [0, 0.1) is 11.2 Å². The van der Waals surface area contributed by atoms with Crippen LogP contribution < -0.4 is 11.1 Å². The number of sulfone groups is 1. The maximum atomic E-state index is 14.4. The number of hydrogen-bond donors (Lipinski definition) is 3. The van der Waals surface area contributed by atoms with Crippen LogP contribution in [0.2, 0.25) is 5.02 Å². The second-order valence-electron chi connectivity index (χ2n) is 7.91. The van der Waals surface area contributed by atoms with E-state index in [9.17, 15) is 26.0 Å². The van der Waals surface area contributed by atoms with Crippen molar-refractivity contribution in [2.24, 2.45) is 5.73 Å². The standard InChI is InChI=1S/C19H24ClF4N5O2S/c1-11(9-32(30,31)18(2,3)17(25)26)13-6-12(4-5-15(13)21)27-8-16-14(20)7-28-29(16)10-19(22,23)24/h4-7,11,27H,8-10H2,1-3H3,(H3,25,26). The van der Waals surface area contributed by atoms with Crippen LogP contribution in [0.3, 0.4) is 0 Å². The van der Waals surface area contributed by atoms with Crippen LogP contribution in [-0.2, 0) is 22.9 Å². The molecule has 0 amide bonds. The molecule has 1 unspecified atom stereocenters. The minimum absolute atomic E-state index is 0.0370. The van der Waals surface area contributed by atoms with Gasteiger partial charge >= 0.3 is 6.18 Å². The molecule has 1 heterocycles. The third kappa shape index (κ3) is 5.91. The molecule has 1 aromatic heterocycles. The predicted molar refractivity (Wildman–Crippen MR) is 115 cm³/mol. The number of anilines is 1. The average Bonchev–Trinajstić information content (AvgIpc) is 2.98. The molecular weight excluding hydrogens is 474 g/mol. The number of rotatable bonds is 9. The van der Waals surface area contributed by atoms with Gasteiger partial charge in [0.25, 0.3) is 0 Å².